The second kappa shape index (κ2) is 5.46. The molecular formula is C15H18ClN3O. The third kappa shape index (κ3) is 2.30. The standard InChI is InChI=1S/C15H18ClN3O/c1-19-15(17)13(11-4-2-3-5-12(11)16)14(18-19)10-6-8-20-9-7-10/h2-5,10H,6-9,17H2,1H3. The van der Waals surface area contributed by atoms with Crippen LogP contribution in [0.1, 0.15) is 24.5 Å². The molecule has 2 N–H and O–H groups in total. The van der Waals surface area contributed by atoms with E-state index in [1.165, 1.54) is 0 Å². The van der Waals surface area contributed by atoms with Crippen LogP contribution in [0.3, 0.4) is 0 Å². The molecule has 0 atom stereocenters. The largest absolute Gasteiger partial charge is 0.383 e. The van der Waals surface area contributed by atoms with Crippen LogP contribution in [0.25, 0.3) is 11.1 Å². The van der Waals surface area contributed by atoms with Crippen molar-refractivity contribution < 1.29 is 4.74 Å². The van der Waals surface area contributed by atoms with E-state index in [1.807, 2.05) is 31.3 Å². The van der Waals surface area contributed by atoms with Crippen LogP contribution < -0.4 is 5.73 Å². The zero-order valence-electron chi connectivity index (χ0n) is 11.5. The molecule has 1 aliphatic rings. The van der Waals surface area contributed by atoms with Crippen LogP contribution in [0.4, 0.5) is 5.82 Å². The number of nitrogen functional groups attached to an aromatic ring is 1. The summed E-state index contributed by atoms with van der Waals surface area (Å²) in [5.41, 5.74) is 9.20. The number of nitrogens with two attached hydrogens (primary N) is 1. The molecule has 3 rings (SSSR count). The molecule has 4 nitrogen and oxygen atoms in total. The summed E-state index contributed by atoms with van der Waals surface area (Å²) in [6.07, 6.45) is 1.96. The number of rotatable bonds is 2. The lowest BCUT2D eigenvalue weighted by atomic mass is 9.91. The van der Waals surface area contributed by atoms with Gasteiger partial charge < -0.3 is 10.5 Å². The van der Waals surface area contributed by atoms with Crippen molar-refractivity contribution in [3.63, 3.8) is 0 Å². The van der Waals surface area contributed by atoms with Gasteiger partial charge in [0.05, 0.1) is 5.69 Å². The molecule has 0 amide bonds. The van der Waals surface area contributed by atoms with Crippen LogP contribution in [0.15, 0.2) is 24.3 Å². The van der Waals surface area contributed by atoms with Crippen molar-refractivity contribution in [2.24, 2.45) is 7.05 Å². The predicted molar refractivity (Wildman–Crippen MR) is 80.9 cm³/mol. The smallest absolute Gasteiger partial charge is 0.129 e. The highest BCUT2D eigenvalue weighted by Gasteiger charge is 2.26. The number of aromatic nitrogens is 2. The molecule has 1 aromatic carbocycles. The van der Waals surface area contributed by atoms with E-state index in [-0.39, 0.29) is 0 Å². The van der Waals surface area contributed by atoms with Crippen LogP contribution in [-0.4, -0.2) is 23.0 Å². The first-order valence-corrected chi connectivity index (χ1v) is 7.21. The van der Waals surface area contributed by atoms with Gasteiger partial charge in [-0.3, -0.25) is 4.68 Å². The van der Waals surface area contributed by atoms with Gasteiger partial charge in [-0.05, 0) is 18.9 Å². The van der Waals surface area contributed by atoms with Gasteiger partial charge in [0.1, 0.15) is 5.82 Å². The molecule has 1 aromatic heterocycles. The third-order valence-electron chi connectivity index (χ3n) is 3.87. The van der Waals surface area contributed by atoms with E-state index >= 15 is 0 Å². The van der Waals surface area contributed by atoms with Gasteiger partial charge in [0, 0.05) is 42.3 Å². The Bertz CT molecular complexity index is 618. The van der Waals surface area contributed by atoms with E-state index in [9.17, 15) is 0 Å². The second-order valence-electron chi connectivity index (χ2n) is 5.14. The van der Waals surface area contributed by atoms with Crippen molar-refractivity contribution in [2.45, 2.75) is 18.8 Å². The Hall–Kier alpha value is -1.52. The molecule has 0 aliphatic carbocycles. The molecule has 0 saturated carbocycles. The monoisotopic (exact) mass is 291 g/mol. The Balaban J connectivity index is 2.12. The quantitative estimate of drug-likeness (QED) is 0.924. The van der Waals surface area contributed by atoms with Crippen LogP contribution in [-0.2, 0) is 11.8 Å². The maximum absolute atomic E-state index is 6.33. The van der Waals surface area contributed by atoms with Crippen LogP contribution >= 0.6 is 11.6 Å². The van der Waals surface area contributed by atoms with E-state index in [4.69, 9.17) is 22.1 Å². The van der Waals surface area contributed by atoms with E-state index in [0.29, 0.717) is 16.8 Å². The molecule has 106 valence electrons. The van der Waals surface area contributed by atoms with Crippen molar-refractivity contribution >= 4 is 17.4 Å². The minimum atomic E-state index is 0.388. The van der Waals surface area contributed by atoms with Gasteiger partial charge in [-0.2, -0.15) is 5.10 Å². The number of halogens is 1. The molecule has 20 heavy (non-hydrogen) atoms. The summed E-state index contributed by atoms with van der Waals surface area (Å²) in [6, 6.07) is 7.78. The lowest BCUT2D eigenvalue weighted by molar-refractivity contribution is 0.0845. The molecule has 5 heteroatoms. The molecule has 0 bridgehead atoms. The number of anilines is 1. The average molecular weight is 292 g/mol. The van der Waals surface area contributed by atoms with Gasteiger partial charge in [-0.1, -0.05) is 29.8 Å². The Labute approximate surface area is 123 Å². The Kier molecular flexibility index (Phi) is 3.68. The summed E-state index contributed by atoms with van der Waals surface area (Å²) in [7, 11) is 1.87. The van der Waals surface area contributed by atoms with Gasteiger partial charge in [0.25, 0.3) is 0 Å². The van der Waals surface area contributed by atoms with Crippen LogP contribution in [0, 0.1) is 0 Å². The zero-order valence-corrected chi connectivity index (χ0v) is 12.2. The van der Waals surface area contributed by atoms with Gasteiger partial charge in [-0.15, -0.1) is 0 Å². The highest BCUT2D eigenvalue weighted by atomic mass is 35.5. The number of hydrogen-bond acceptors (Lipinski definition) is 3. The third-order valence-corrected chi connectivity index (χ3v) is 4.20. The lowest BCUT2D eigenvalue weighted by Crippen LogP contribution is -2.15. The van der Waals surface area contributed by atoms with Crippen LogP contribution in [0.5, 0.6) is 0 Å². The molecule has 0 unspecified atom stereocenters. The number of hydrogen-bond donors (Lipinski definition) is 1. The molecule has 0 spiro atoms. The topological polar surface area (TPSA) is 53.1 Å². The Morgan fingerprint density at radius 3 is 2.70 bits per heavy atom. The summed E-state index contributed by atoms with van der Waals surface area (Å²) in [6.45, 7) is 1.56. The van der Waals surface area contributed by atoms with Crippen molar-refractivity contribution in [3.05, 3.63) is 35.0 Å². The highest BCUT2D eigenvalue weighted by molar-refractivity contribution is 6.33. The van der Waals surface area contributed by atoms with E-state index in [2.05, 4.69) is 5.10 Å². The number of nitrogens with zero attached hydrogens (tertiary/aromatic N) is 2. The fraction of sp³-hybridized carbons (Fsp3) is 0.400. The molecule has 1 fully saturated rings. The fourth-order valence-corrected chi connectivity index (χ4v) is 2.99. The fourth-order valence-electron chi connectivity index (χ4n) is 2.76. The van der Waals surface area contributed by atoms with Crippen molar-refractivity contribution in [2.75, 3.05) is 18.9 Å². The van der Waals surface area contributed by atoms with Crippen molar-refractivity contribution in [1.29, 1.82) is 0 Å². The van der Waals surface area contributed by atoms with Crippen LogP contribution in [0.2, 0.25) is 5.02 Å². The van der Waals surface area contributed by atoms with E-state index in [1.54, 1.807) is 4.68 Å². The highest BCUT2D eigenvalue weighted by Crippen LogP contribution is 2.40. The summed E-state index contributed by atoms with van der Waals surface area (Å²) in [5.74, 6) is 1.05. The predicted octanol–water partition coefficient (Wildman–Crippen LogP) is 3.22. The van der Waals surface area contributed by atoms with Crippen molar-refractivity contribution in [3.8, 4) is 11.1 Å². The zero-order chi connectivity index (χ0) is 14.1. The first-order chi connectivity index (χ1) is 9.68. The molecular weight excluding hydrogens is 274 g/mol. The summed E-state index contributed by atoms with van der Waals surface area (Å²) >= 11 is 6.33. The lowest BCUT2D eigenvalue weighted by Gasteiger charge is -2.21. The number of aryl methyl sites for hydroxylation is 1. The van der Waals surface area contributed by atoms with Crippen molar-refractivity contribution in [1.82, 2.24) is 9.78 Å². The van der Waals surface area contributed by atoms with Gasteiger partial charge in [-0.25, -0.2) is 0 Å². The molecule has 1 saturated heterocycles. The SMILES string of the molecule is Cn1nc(C2CCOCC2)c(-c2ccccc2Cl)c1N. The van der Waals surface area contributed by atoms with E-state index in [0.717, 1.165) is 42.9 Å². The van der Waals surface area contributed by atoms with Gasteiger partial charge in [0.15, 0.2) is 0 Å². The number of ether oxygens (including phenoxy) is 1. The maximum atomic E-state index is 6.33. The van der Waals surface area contributed by atoms with Gasteiger partial charge in [0.2, 0.25) is 0 Å². The molecule has 2 heterocycles. The normalized spacial score (nSPS) is 16.5. The Morgan fingerprint density at radius 2 is 2.00 bits per heavy atom. The summed E-state index contributed by atoms with van der Waals surface area (Å²) < 4.78 is 7.18. The maximum Gasteiger partial charge on any atom is 0.129 e. The molecule has 2 aromatic rings. The molecule has 0 radical (unpaired) electrons. The number of benzene rings is 1. The minimum absolute atomic E-state index is 0.388. The minimum Gasteiger partial charge on any atom is -0.383 e. The molecule has 1 aliphatic heterocycles. The average Bonchev–Trinajstić information content (AvgIpc) is 2.77. The summed E-state index contributed by atoms with van der Waals surface area (Å²) in [5, 5.41) is 5.34. The first-order valence-electron chi connectivity index (χ1n) is 6.83. The Morgan fingerprint density at radius 1 is 1.30 bits per heavy atom. The van der Waals surface area contributed by atoms with E-state index < -0.39 is 0 Å². The second-order valence-corrected chi connectivity index (χ2v) is 5.54. The first kappa shape index (κ1) is 13.5. The van der Waals surface area contributed by atoms with Gasteiger partial charge >= 0.3 is 0 Å². The summed E-state index contributed by atoms with van der Waals surface area (Å²) in [4.78, 5) is 0.